The van der Waals surface area contributed by atoms with Gasteiger partial charge >= 0.3 is 0 Å². The van der Waals surface area contributed by atoms with Crippen LogP contribution in [-0.4, -0.2) is 42.4 Å². The zero-order valence-electron chi connectivity index (χ0n) is 5.86. The van der Waals surface area contributed by atoms with Crippen molar-refractivity contribution in [2.45, 2.75) is 18.6 Å². The summed E-state index contributed by atoms with van der Waals surface area (Å²) in [5, 5.41) is 17.8. The third-order valence-corrected chi connectivity index (χ3v) is 1.12. The van der Waals surface area contributed by atoms with Gasteiger partial charge in [0.25, 0.3) is 0 Å². The van der Waals surface area contributed by atoms with E-state index in [9.17, 15) is 4.79 Å². The number of hydrogen-bond acceptors (Lipinski definition) is 4. The van der Waals surface area contributed by atoms with Crippen molar-refractivity contribution in [2.75, 3.05) is 13.7 Å². The zero-order chi connectivity index (χ0) is 7.98. The van der Waals surface area contributed by atoms with Crippen LogP contribution in [0.5, 0.6) is 0 Å². The first-order valence-corrected chi connectivity index (χ1v) is 3.01. The maximum atomic E-state index is 9.81. The summed E-state index contributed by atoms with van der Waals surface area (Å²) < 4.78 is 4.55. The van der Waals surface area contributed by atoms with Gasteiger partial charge in [-0.1, -0.05) is 0 Å². The minimum atomic E-state index is -1.00. The molecule has 0 aliphatic carbocycles. The van der Waals surface area contributed by atoms with Crippen molar-refractivity contribution in [3.05, 3.63) is 0 Å². The Bertz CT molecular complexity index is 93.7. The maximum absolute atomic E-state index is 9.81. The Hall–Kier alpha value is -0.450. The largest absolute Gasteiger partial charge is 0.390 e. The lowest BCUT2D eigenvalue weighted by atomic mass is 10.2. The second kappa shape index (κ2) is 5.34. The van der Waals surface area contributed by atoms with E-state index >= 15 is 0 Å². The summed E-state index contributed by atoms with van der Waals surface area (Å²) in [5.41, 5.74) is 0. The molecule has 2 atom stereocenters. The van der Waals surface area contributed by atoms with Crippen LogP contribution in [0.15, 0.2) is 0 Å². The van der Waals surface area contributed by atoms with Crippen LogP contribution in [0, 0.1) is 0 Å². The number of ether oxygens (including phenoxy) is 1. The molecule has 0 saturated carbocycles. The molecule has 0 aliphatic rings. The molecule has 10 heavy (non-hydrogen) atoms. The highest BCUT2D eigenvalue weighted by atomic mass is 16.5. The summed E-state index contributed by atoms with van der Waals surface area (Å²) in [4.78, 5) is 9.81. The Morgan fingerprint density at radius 1 is 1.50 bits per heavy atom. The maximum Gasteiger partial charge on any atom is 0.122 e. The van der Waals surface area contributed by atoms with Gasteiger partial charge in [0.2, 0.25) is 0 Å². The lowest BCUT2D eigenvalue weighted by Crippen LogP contribution is -2.30. The fraction of sp³-hybridized carbons (Fsp3) is 0.833. The van der Waals surface area contributed by atoms with E-state index in [0.29, 0.717) is 6.29 Å². The third kappa shape index (κ3) is 3.55. The molecule has 0 saturated heterocycles. The quantitative estimate of drug-likeness (QED) is 0.488. The predicted octanol–water partition coefficient (Wildman–Crippen LogP) is -1.06. The molecular formula is C6H12O4. The van der Waals surface area contributed by atoms with Crippen LogP contribution in [0.2, 0.25) is 0 Å². The molecular weight excluding hydrogens is 136 g/mol. The van der Waals surface area contributed by atoms with E-state index in [0.717, 1.165) is 0 Å². The Morgan fingerprint density at radius 3 is 2.50 bits per heavy atom. The van der Waals surface area contributed by atoms with Gasteiger partial charge in [-0.05, 0) is 0 Å². The molecule has 0 bridgehead atoms. The molecule has 0 aliphatic heterocycles. The number of aliphatic hydroxyl groups is 2. The smallest absolute Gasteiger partial charge is 0.122 e. The van der Waals surface area contributed by atoms with Gasteiger partial charge in [0, 0.05) is 13.5 Å². The SMILES string of the molecule is COC[C@@H](O)[C@@H](O)CC=O. The number of aliphatic hydroxyl groups excluding tert-OH is 2. The Labute approximate surface area is 59.4 Å². The monoisotopic (exact) mass is 148 g/mol. The van der Waals surface area contributed by atoms with E-state index in [4.69, 9.17) is 10.2 Å². The molecule has 0 amide bonds. The molecule has 0 unspecified atom stereocenters. The second-order valence-corrected chi connectivity index (χ2v) is 1.99. The fourth-order valence-corrected chi connectivity index (χ4v) is 0.538. The topological polar surface area (TPSA) is 66.8 Å². The summed E-state index contributed by atoms with van der Waals surface area (Å²) in [7, 11) is 1.41. The molecule has 0 heterocycles. The highest BCUT2D eigenvalue weighted by Crippen LogP contribution is 1.96. The van der Waals surface area contributed by atoms with E-state index < -0.39 is 12.2 Å². The summed E-state index contributed by atoms with van der Waals surface area (Å²) in [5.74, 6) is 0. The van der Waals surface area contributed by atoms with Gasteiger partial charge in [-0.25, -0.2) is 0 Å². The number of rotatable bonds is 5. The van der Waals surface area contributed by atoms with Crippen molar-refractivity contribution in [1.82, 2.24) is 0 Å². The molecule has 0 aromatic heterocycles. The van der Waals surface area contributed by atoms with Crippen molar-refractivity contribution in [1.29, 1.82) is 0 Å². The van der Waals surface area contributed by atoms with Crippen molar-refractivity contribution in [3.63, 3.8) is 0 Å². The highest BCUT2D eigenvalue weighted by molar-refractivity contribution is 5.50. The molecule has 4 nitrogen and oxygen atoms in total. The minimum absolute atomic E-state index is 0.0506. The normalized spacial score (nSPS) is 16.3. The van der Waals surface area contributed by atoms with Gasteiger partial charge in [-0.15, -0.1) is 0 Å². The van der Waals surface area contributed by atoms with Crippen LogP contribution in [0.3, 0.4) is 0 Å². The van der Waals surface area contributed by atoms with E-state index in [-0.39, 0.29) is 13.0 Å². The van der Waals surface area contributed by atoms with E-state index in [1.54, 1.807) is 0 Å². The zero-order valence-corrected chi connectivity index (χ0v) is 5.86. The average Bonchev–Trinajstić information content (AvgIpc) is 1.89. The average molecular weight is 148 g/mol. The molecule has 0 aromatic rings. The highest BCUT2D eigenvalue weighted by Gasteiger charge is 2.14. The Morgan fingerprint density at radius 2 is 2.10 bits per heavy atom. The van der Waals surface area contributed by atoms with Gasteiger partial charge in [0.05, 0.1) is 12.7 Å². The van der Waals surface area contributed by atoms with E-state index in [1.807, 2.05) is 0 Å². The van der Waals surface area contributed by atoms with E-state index in [1.165, 1.54) is 7.11 Å². The summed E-state index contributed by atoms with van der Waals surface area (Å²) in [6.45, 7) is 0.0506. The van der Waals surface area contributed by atoms with Crippen LogP contribution in [0.4, 0.5) is 0 Å². The van der Waals surface area contributed by atoms with Crippen LogP contribution in [-0.2, 0) is 9.53 Å². The molecule has 4 heteroatoms. The first kappa shape index (κ1) is 9.55. The van der Waals surface area contributed by atoms with Crippen LogP contribution >= 0.6 is 0 Å². The molecule has 60 valence electrons. The standard InChI is InChI=1S/C6H12O4/c1-10-4-6(9)5(8)2-3-7/h3,5-6,8-9H,2,4H2,1H3/t5-,6+/m0/s1. The van der Waals surface area contributed by atoms with Gasteiger partial charge in [0.15, 0.2) is 0 Å². The van der Waals surface area contributed by atoms with Gasteiger partial charge in [-0.2, -0.15) is 0 Å². The number of aldehydes is 1. The third-order valence-electron chi connectivity index (χ3n) is 1.12. The van der Waals surface area contributed by atoms with Crippen molar-refractivity contribution in [2.24, 2.45) is 0 Å². The number of hydrogen-bond donors (Lipinski definition) is 2. The lowest BCUT2D eigenvalue weighted by molar-refractivity contribution is -0.112. The molecule has 0 radical (unpaired) electrons. The minimum Gasteiger partial charge on any atom is -0.390 e. The van der Waals surface area contributed by atoms with Gasteiger partial charge in [0.1, 0.15) is 12.4 Å². The lowest BCUT2D eigenvalue weighted by Gasteiger charge is -2.13. The molecule has 0 rings (SSSR count). The van der Waals surface area contributed by atoms with Crippen molar-refractivity contribution in [3.8, 4) is 0 Å². The second-order valence-electron chi connectivity index (χ2n) is 1.99. The first-order valence-electron chi connectivity index (χ1n) is 3.01. The number of carbonyl (C=O) groups is 1. The summed E-state index contributed by atoms with van der Waals surface area (Å²) in [6.07, 6.45) is -1.46. The molecule has 0 fully saturated rings. The predicted molar refractivity (Wildman–Crippen MR) is 34.6 cm³/mol. The van der Waals surface area contributed by atoms with Gasteiger partial charge < -0.3 is 19.7 Å². The molecule has 0 spiro atoms. The Balaban J connectivity index is 3.47. The fourth-order valence-electron chi connectivity index (χ4n) is 0.538. The van der Waals surface area contributed by atoms with Crippen LogP contribution < -0.4 is 0 Å². The van der Waals surface area contributed by atoms with Crippen molar-refractivity contribution < 1.29 is 19.7 Å². The van der Waals surface area contributed by atoms with Gasteiger partial charge in [-0.3, -0.25) is 0 Å². The first-order chi connectivity index (χ1) is 4.72. The summed E-state index contributed by atoms with van der Waals surface area (Å²) >= 11 is 0. The molecule has 2 N–H and O–H groups in total. The Kier molecular flexibility index (Phi) is 5.10. The number of methoxy groups -OCH3 is 1. The van der Waals surface area contributed by atoms with E-state index in [2.05, 4.69) is 4.74 Å². The molecule has 0 aromatic carbocycles. The van der Waals surface area contributed by atoms with Crippen LogP contribution in [0.1, 0.15) is 6.42 Å². The van der Waals surface area contributed by atoms with Crippen LogP contribution in [0.25, 0.3) is 0 Å². The summed E-state index contributed by atoms with van der Waals surface area (Å²) in [6, 6.07) is 0. The van der Waals surface area contributed by atoms with Crippen molar-refractivity contribution >= 4 is 6.29 Å². The number of carbonyl (C=O) groups excluding carboxylic acids is 1.